The maximum atomic E-state index is 12.6. The van der Waals surface area contributed by atoms with Crippen LogP contribution in [0.5, 0.6) is 0 Å². The van der Waals surface area contributed by atoms with Crippen molar-refractivity contribution in [1.29, 1.82) is 0 Å². The first-order chi connectivity index (χ1) is 19.6. The minimum Gasteiger partial charge on any atom is -0.355 e. The van der Waals surface area contributed by atoms with Gasteiger partial charge < -0.3 is 15.5 Å². The summed E-state index contributed by atoms with van der Waals surface area (Å²) < 4.78 is 2.00. The van der Waals surface area contributed by atoms with E-state index in [1.54, 1.807) is 6.33 Å². The molecule has 2 aliphatic rings. The number of rotatable bonds is 6. The highest BCUT2D eigenvalue weighted by molar-refractivity contribution is 6.33. The Hall–Kier alpha value is -3.72. The quantitative estimate of drug-likeness (QED) is 0.315. The van der Waals surface area contributed by atoms with Crippen LogP contribution in [-0.2, 0) is 0 Å². The van der Waals surface area contributed by atoms with Gasteiger partial charge in [0.2, 0.25) is 0 Å². The van der Waals surface area contributed by atoms with Gasteiger partial charge >= 0.3 is 6.03 Å². The van der Waals surface area contributed by atoms with Crippen molar-refractivity contribution in [3.05, 3.63) is 59.6 Å². The molecule has 4 heterocycles. The van der Waals surface area contributed by atoms with Crippen LogP contribution in [-0.4, -0.2) is 56.2 Å². The summed E-state index contributed by atoms with van der Waals surface area (Å²) in [5.41, 5.74) is 4.02. The summed E-state index contributed by atoms with van der Waals surface area (Å²) in [5.74, 6) is 2.10. The molecule has 10 heteroatoms. The molecule has 1 saturated carbocycles. The van der Waals surface area contributed by atoms with Gasteiger partial charge in [0.15, 0.2) is 17.0 Å². The first-order valence-electron chi connectivity index (χ1n) is 14.3. The van der Waals surface area contributed by atoms with Crippen molar-refractivity contribution in [2.75, 3.05) is 24.5 Å². The van der Waals surface area contributed by atoms with Gasteiger partial charge in [-0.2, -0.15) is 0 Å². The lowest BCUT2D eigenvalue weighted by atomic mass is 9.89. The number of carbonyl (C=O) groups excluding carboxylic acids is 1. The molecule has 6 rings (SSSR count). The highest BCUT2D eigenvalue weighted by Gasteiger charge is 2.27. The zero-order valence-electron chi connectivity index (χ0n) is 22.8. The van der Waals surface area contributed by atoms with E-state index in [1.807, 2.05) is 54.1 Å². The summed E-state index contributed by atoms with van der Waals surface area (Å²) in [6.45, 7) is 4.26. The van der Waals surface area contributed by atoms with Crippen LogP contribution < -0.4 is 15.5 Å². The van der Waals surface area contributed by atoms with Crippen LogP contribution in [0.2, 0.25) is 5.02 Å². The Kier molecular flexibility index (Phi) is 7.82. The van der Waals surface area contributed by atoms with E-state index < -0.39 is 0 Å². The number of aromatic nitrogens is 5. The number of aryl methyl sites for hydroxylation is 1. The molecule has 0 spiro atoms. The molecule has 0 atom stereocenters. The van der Waals surface area contributed by atoms with E-state index in [0.717, 1.165) is 60.8 Å². The van der Waals surface area contributed by atoms with Crippen LogP contribution in [0, 0.1) is 12.8 Å². The minimum absolute atomic E-state index is 0.0525. The summed E-state index contributed by atoms with van der Waals surface area (Å²) in [6, 6.07) is 11.8. The molecule has 1 saturated heterocycles. The molecule has 2 N–H and O–H groups in total. The Balaban J connectivity index is 1.22. The molecule has 0 bridgehead atoms. The van der Waals surface area contributed by atoms with Gasteiger partial charge in [-0.3, -0.25) is 9.55 Å². The van der Waals surface area contributed by atoms with Gasteiger partial charge in [0, 0.05) is 36.9 Å². The number of piperidine rings is 1. The number of halogens is 1. The first kappa shape index (κ1) is 26.5. The van der Waals surface area contributed by atoms with Gasteiger partial charge in [-0.15, -0.1) is 0 Å². The van der Waals surface area contributed by atoms with Crippen LogP contribution in [0.1, 0.15) is 50.6 Å². The number of benzene rings is 1. The molecule has 2 fully saturated rings. The molecule has 3 aromatic heterocycles. The highest BCUT2D eigenvalue weighted by Crippen LogP contribution is 2.35. The van der Waals surface area contributed by atoms with Crippen molar-refractivity contribution < 1.29 is 4.79 Å². The molecule has 40 heavy (non-hydrogen) atoms. The highest BCUT2D eigenvalue weighted by atomic mass is 35.5. The fourth-order valence-electron chi connectivity index (χ4n) is 5.87. The predicted octanol–water partition coefficient (Wildman–Crippen LogP) is 5.69. The fraction of sp³-hybridized carbons (Fsp3) is 0.433. The molecule has 9 nitrogen and oxygen atoms in total. The number of nitrogens with one attached hydrogen (secondary N) is 2. The smallest absolute Gasteiger partial charge is 0.315 e. The molecule has 1 aliphatic carbocycles. The normalized spacial score (nSPS) is 16.8. The Morgan fingerprint density at radius 3 is 2.55 bits per heavy atom. The second-order valence-electron chi connectivity index (χ2n) is 10.9. The number of hydrogen-bond donors (Lipinski definition) is 2. The Morgan fingerprint density at radius 2 is 1.80 bits per heavy atom. The summed E-state index contributed by atoms with van der Waals surface area (Å²) in [6.07, 6.45) is 11.4. The number of amides is 2. The second-order valence-corrected chi connectivity index (χ2v) is 11.3. The van der Waals surface area contributed by atoms with E-state index in [-0.39, 0.29) is 12.1 Å². The number of imidazole rings is 1. The van der Waals surface area contributed by atoms with E-state index >= 15 is 0 Å². The monoisotopic (exact) mass is 558 g/mol. The van der Waals surface area contributed by atoms with Crippen LogP contribution in [0.3, 0.4) is 0 Å². The molecule has 4 aromatic rings. The molecular formula is C30H35ClN8O. The van der Waals surface area contributed by atoms with Gasteiger partial charge in [0.25, 0.3) is 0 Å². The van der Waals surface area contributed by atoms with Crippen molar-refractivity contribution in [1.82, 2.24) is 35.1 Å². The summed E-state index contributed by atoms with van der Waals surface area (Å²) in [5, 5.41) is 6.90. The molecule has 1 aliphatic heterocycles. The van der Waals surface area contributed by atoms with Crippen LogP contribution in [0.15, 0.2) is 48.9 Å². The van der Waals surface area contributed by atoms with E-state index in [2.05, 4.69) is 30.5 Å². The van der Waals surface area contributed by atoms with Gasteiger partial charge in [-0.05, 0) is 62.8 Å². The van der Waals surface area contributed by atoms with Crippen molar-refractivity contribution in [2.45, 2.75) is 57.9 Å². The number of hydrogen-bond acceptors (Lipinski definition) is 6. The van der Waals surface area contributed by atoms with Gasteiger partial charge in [0.1, 0.15) is 12.2 Å². The minimum atomic E-state index is -0.0525. The van der Waals surface area contributed by atoms with Gasteiger partial charge in [-0.1, -0.05) is 43.0 Å². The molecule has 2 amide bonds. The number of pyridine rings is 1. The molecular weight excluding hydrogens is 524 g/mol. The maximum Gasteiger partial charge on any atom is 0.315 e. The van der Waals surface area contributed by atoms with Gasteiger partial charge in [0.05, 0.1) is 16.9 Å². The van der Waals surface area contributed by atoms with Gasteiger partial charge in [-0.25, -0.2) is 19.7 Å². The number of anilines is 1. The average Bonchev–Trinajstić information content (AvgIpc) is 3.37. The average molecular weight is 559 g/mol. The SMILES string of the molecule is Cc1ccc(-n2c(-c3ccccc3Cl)nc3c(N4CCC(NC(=O)NCC5CCCCC5)CC4)ncnc32)cn1. The van der Waals surface area contributed by atoms with E-state index in [0.29, 0.717) is 22.4 Å². The zero-order valence-corrected chi connectivity index (χ0v) is 23.6. The number of nitrogens with zero attached hydrogens (tertiary/aromatic N) is 6. The standard InChI is InChI=1S/C30H35ClN8O/c1-20-11-12-23(18-32-20)39-27(24-9-5-6-10-25(24)31)37-26-28(34-19-35-29(26)39)38-15-13-22(14-16-38)36-30(40)33-17-21-7-3-2-4-8-21/h5-6,9-12,18-19,21-22H,2-4,7-8,13-17H2,1H3,(H2,33,36,40). The largest absolute Gasteiger partial charge is 0.355 e. The first-order valence-corrected chi connectivity index (χ1v) is 14.7. The lowest BCUT2D eigenvalue weighted by Crippen LogP contribution is -2.48. The topological polar surface area (TPSA) is 101 Å². The summed E-state index contributed by atoms with van der Waals surface area (Å²) in [7, 11) is 0. The zero-order chi connectivity index (χ0) is 27.5. The molecule has 1 aromatic carbocycles. The number of carbonyl (C=O) groups is 1. The molecule has 0 radical (unpaired) electrons. The third-order valence-corrected chi connectivity index (χ3v) is 8.43. The third-order valence-electron chi connectivity index (χ3n) is 8.10. The van der Waals surface area contributed by atoms with E-state index in [9.17, 15) is 4.79 Å². The predicted molar refractivity (Wildman–Crippen MR) is 158 cm³/mol. The fourth-order valence-corrected chi connectivity index (χ4v) is 6.09. The van der Waals surface area contributed by atoms with Crippen molar-refractivity contribution in [3.63, 3.8) is 0 Å². The Labute approximate surface area is 239 Å². The van der Waals surface area contributed by atoms with Crippen molar-refractivity contribution in [3.8, 4) is 17.1 Å². The Morgan fingerprint density at radius 1 is 1.00 bits per heavy atom. The lowest BCUT2D eigenvalue weighted by Gasteiger charge is -2.33. The van der Waals surface area contributed by atoms with Crippen LogP contribution >= 0.6 is 11.6 Å². The Bertz CT molecular complexity index is 1470. The number of urea groups is 1. The maximum absolute atomic E-state index is 12.6. The lowest BCUT2D eigenvalue weighted by molar-refractivity contribution is 0.230. The second kappa shape index (κ2) is 11.8. The van der Waals surface area contributed by atoms with Crippen LogP contribution in [0.4, 0.5) is 10.6 Å². The van der Waals surface area contributed by atoms with Crippen molar-refractivity contribution >= 4 is 34.6 Å². The summed E-state index contributed by atoms with van der Waals surface area (Å²) in [4.78, 5) is 33.7. The van der Waals surface area contributed by atoms with Crippen LogP contribution in [0.25, 0.3) is 28.2 Å². The summed E-state index contributed by atoms with van der Waals surface area (Å²) >= 11 is 6.63. The van der Waals surface area contributed by atoms with E-state index in [4.69, 9.17) is 16.6 Å². The van der Waals surface area contributed by atoms with Crippen molar-refractivity contribution in [2.24, 2.45) is 5.92 Å². The molecule has 208 valence electrons. The molecule has 0 unspecified atom stereocenters. The third kappa shape index (κ3) is 5.61. The number of fused-ring (bicyclic) bond motifs is 1. The van der Waals surface area contributed by atoms with E-state index in [1.165, 1.54) is 32.1 Å².